The number of benzene rings is 2. The van der Waals surface area contributed by atoms with Gasteiger partial charge in [-0.2, -0.15) is 0 Å². The predicted octanol–water partition coefficient (Wildman–Crippen LogP) is 1.93. The Morgan fingerprint density at radius 2 is 1.64 bits per heavy atom. The van der Waals surface area contributed by atoms with Crippen molar-refractivity contribution in [1.29, 1.82) is 0 Å². The summed E-state index contributed by atoms with van der Waals surface area (Å²) < 4.78 is 0. The van der Waals surface area contributed by atoms with Crippen LogP contribution in [0, 0.1) is 0 Å². The minimum atomic E-state index is -0.174. The van der Waals surface area contributed by atoms with Crippen molar-refractivity contribution in [3.8, 4) is 34.4 Å². The molecule has 0 unspecified atom stereocenters. The van der Waals surface area contributed by atoms with Gasteiger partial charge in [-0.25, -0.2) is 9.97 Å². The van der Waals surface area contributed by atoms with E-state index in [1.807, 2.05) is 0 Å². The number of rotatable bonds is 1. The molecule has 8 heteroatoms. The number of hydrogen-bond acceptors (Lipinski definition) is 6. The summed E-state index contributed by atoms with van der Waals surface area (Å²) in [6.45, 7) is 0. The second-order valence-corrected chi connectivity index (χ2v) is 4.83. The van der Waals surface area contributed by atoms with E-state index < -0.39 is 0 Å². The van der Waals surface area contributed by atoms with Crippen molar-refractivity contribution in [2.45, 2.75) is 0 Å². The van der Waals surface area contributed by atoms with E-state index in [2.05, 4.69) is 19.9 Å². The van der Waals surface area contributed by atoms with Crippen LogP contribution in [0.25, 0.3) is 33.5 Å². The summed E-state index contributed by atoms with van der Waals surface area (Å²) in [6.07, 6.45) is 1.35. The number of hydrogen-bond donors (Lipinski definition) is 6. The number of H-pyrrole nitrogens is 2. The van der Waals surface area contributed by atoms with Gasteiger partial charge in [0.05, 0.1) is 11.9 Å². The van der Waals surface area contributed by atoms with Gasteiger partial charge in [0, 0.05) is 0 Å². The van der Waals surface area contributed by atoms with E-state index in [4.69, 9.17) is 0 Å². The molecule has 22 heavy (non-hydrogen) atoms. The fourth-order valence-electron chi connectivity index (χ4n) is 2.45. The van der Waals surface area contributed by atoms with Crippen LogP contribution in [-0.4, -0.2) is 40.4 Å². The fourth-order valence-corrected chi connectivity index (χ4v) is 2.45. The molecule has 0 aliphatic rings. The zero-order valence-electron chi connectivity index (χ0n) is 11.0. The van der Waals surface area contributed by atoms with Crippen LogP contribution in [0.5, 0.6) is 23.0 Å². The first-order valence-corrected chi connectivity index (χ1v) is 6.35. The van der Waals surface area contributed by atoms with Gasteiger partial charge in [0.15, 0.2) is 5.75 Å². The van der Waals surface area contributed by atoms with Crippen LogP contribution in [0.3, 0.4) is 0 Å². The SMILES string of the molecule is Oc1ccc(O)c2[nH]c(-c3cc(O)c4[nH]cnc4c3O)nc12. The van der Waals surface area contributed by atoms with Crippen LogP contribution < -0.4 is 0 Å². The molecule has 6 N–H and O–H groups in total. The normalized spacial score (nSPS) is 11.5. The molecule has 0 atom stereocenters. The Bertz CT molecular complexity index is 995. The maximum Gasteiger partial charge on any atom is 0.154 e. The summed E-state index contributed by atoms with van der Waals surface area (Å²) in [6, 6.07) is 3.96. The van der Waals surface area contributed by atoms with E-state index in [0.29, 0.717) is 5.52 Å². The van der Waals surface area contributed by atoms with Crippen molar-refractivity contribution < 1.29 is 20.4 Å². The van der Waals surface area contributed by atoms with Crippen molar-refractivity contribution in [1.82, 2.24) is 19.9 Å². The van der Waals surface area contributed by atoms with Crippen LogP contribution in [0.15, 0.2) is 24.5 Å². The van der Waals surface area contributed by atoms with E-state index >= 15 is 0 Å². The third-order valence-corrected chi connectivity index (χ3v) is 3.51. The summed E-state index contributed by atoms with van der Waals surface area (Å²) in [5.41, 5.74) is 1.10. The van der Waals surface area contributed by atoms with Gasteiger partial charge >= 0.3 is 0 Å². The molecule has 0 amide bonds. The highest BCUT2D eigenvalue weighted by Crippen LogP contribution is 2.40. The Hall–Kier alpha value is -3.42. The molecule has 0 bridgehead atoms. The highest BCUT2D eigenvalue weighted by Gasteiger charge is 2.19. The zero-order chi connectivity index (χ0) is 15.4. The maximum absolute atomic E-state index is 10.3. The van der Waals surface area contributed by atoms with Crippen molar-refractivity contribution in [2.75, 3.05) is 0 Å². The number of phenols is 4. The van der Waals surface area contributed by atoms with E-state index in [-0.39, 0.29) is 50.9 Å². The standard InChI is InChI=1S/C14H10N4O4/c19-6-1-2-7(20)11-10(6)17-14(18-11)5-3-8(21)9-12(13(5)22)16-4-15-9/h1-4,19-22H,(H,15,16)(H,17,18). The first-order chi connectivity index (χ1) is 10.6. The van der Waals surface area contributed by atoms with Crippen molar-refractivity contribution in [3.05, 3.63) is 24.5 Å². The number of nitrogens with one attached hydrogen (secondary N) is 2. The average Bonchev–Trinajstić information content (AvgIpc) is 3.14. The molecular weight excluding hydrogens is 288 g/mol. The number of imidazole rings is 2. The minimum Gasteiger partial charge on any atom is -0.506 e. The molecule has 0 aliphatic carbocycles. The number of aromatic hydroxyl groups is 4. The van der Waals surface area contributed by atoms with Gasteiger partial charge in [-0.15, -0.1) is 0 Å². The number of aromatic amines is 2. The molecule has 2 aromatic heterocycles. The quantitative estimate of drug-likeness (QED) is 0.297. The van der Waals surface area contributed by atoms with Gasteiger partial charge in [0.25, 0.3) is 0 Å². The van der Waals surface area contributed by atoms with Gasteiger partial charge in [0.1, 0.15) is 45.1 Å². The van der Waals surface area contributed by atoms with Crippen molar-refractivity contribution >= 4 is 22.1 Å². The molecule has 8 nitrogen and oxygen atoms in total. The second kappa shape index (κ2) is 4.04. The molecule has 2 heterocycles. The molecule has 0 saturated heterocycles. The Labute approximate surface area is 122 Å². The molecule has 0 saturated carbocycles. The van der Waals surface area contributed by atoms with E-state index in [9.17, 15) is 20.4 Å². The molecular formula is C14H10N4O4. The van der Waals surface area contributed by atoms with Crippen LogP contribution in [-0.2, 0) is 0 Å². The fraction of sp³-hybridized carbons (Fsp3) is 0. The first kappa shape index (κ1) is 12.3. The topological polar surface area (TPSA) is 138 Å². The lowest BCUT2D eigenvalue weighted by Crippen LogP contribution is -1.84. The van der Waals surface area contributed by atoms with E-state index in [1.54, 1.807) is 0 Å². The third kappa shape index (κ3) is 1.51. The van der Waals surface area contributed by atoms with Crippen LogP contribution >= 0.6 is 0 Å². The molecule has 2 aromatic carbocycles. The summed E-state index contributed by atoms with van der Waals surface area (Å²) in [5.74, 6) is -0.290. The van der Waals surface area contributed by atoms with E-state index in [1.165, 1.54) is 24.5 Å². The Morgan fingerprint density at radius 3 is 2.41 bits per heavy atom. The molecule has 4 rings (SSSR count). The smallest absolute Gasteiger partial charge is 0.154 e. The lowest BCUT2D eigenvalue weighted by atomic mass is 10.1. The molecule has 4 aromatic rings. The summed E-state index contributed by atoms with van der Waals surface area (Å²) in [7, 11) is 0. The van der Waals surface area contributed by atoms with Gasteiger partial charge < -0.3 is 30.4 Å². The van der Waals surface area contributed by atoms with Crippen molar-refractivity contribution in [2.24, 2.45) is 0 Å². The van der Waals surface area contributed by atoms with Crippen LogP contribution in [0.4, 0.5) is 0 Å². The number of phenolic OH excluding ortho intramolecular Hbond substituents is 4. The predicted molar refractivity (Wildman–Crippen MR) is 77.8 cm³/mol. The Balaban J connectivity index is 2.05. The van der Waals surface area contributed by atoms with Gasteiger partial charge in [-0.05, 0) is 18.2 Å². The Kier molecular flexibility index (Phi) is 2.27. The van der Waals surface area contributed by atoms with Crippen LogP contribution in [0.2, 0.25) is 0 Å². The molecule has 0 aliphatic heterocycles. The third-order valence-electron chi connectivity index (χ3n) is 3.51. The molecule has 0 radical (unpaired) electrons. The number of nitrogens with zero attached hydrogens (tertiary/aromatic N) is 2. The molecule has 110 valence electrons. The lowest BCUT2D eigenvalue weighted by Gasteiger charge is -2.03. The first-order valence-electron chi connectivity index (χ1n) is 6.35. The van der Waals surface area contributed by atoms with Gasteiger partial charge in [-0.3, -0.25) is 0 Å². The number of aromatic nitrogens is 4. The average molecular weight is 298 g/mol. The van der Waals surface area contributed by atoms with Gasteiger partial charge in [0.2, 0.25) is 0 Å². The van der Waals surface area contributed by atoms with E-state index in [0.717, 1.165) is 0 Å². The van der Waals surface area contributed by atoms with Crippen molar-refractivity contribution in [3.63, 3.8) is 0 Å². The van der Waals surface area contributed by atoms with Crippen LogP contribution in [0.1, 0.15) is 0 Å². The number of fused-ring (bicyclic) bond motifs is 2. The Morgan fingerprint density at radius 1 is 0.864 bits per heavy atom. The summed E-state index contributed by atoms with van der Waals surface area (Å²) in [5, 5.41) is 39.9. The summed E-state index contributed by atoms with van der Waals surface area (Å²) >= 11 is 0. The lowest BCUT2D eigenvalue weighted by molar-refractivity contribution is 0.468. The zero-order valence-corrected chi connectivity index (χ0v) is 11.0. The highest BCUT2D eigenvalue weighted by atomic mass is 16.3. The molecule has 0 fully saturated rings. The second-order valence-electron chi connectivity index (χ2n) is 4.83. The molecule has 0 spiro atoms. The summed E-state index contributed by atoms with van der Waals surface area (Å²) in [4.78, 5) is 13.6. The maximum atomic E-state index is 10.3. The minimum absolute atomic E-state index is 0.0869. The highest BCUT2D eigenvalue weighted by molar-refractivity contribution is 5.95. The monoisotopic (exact) mass is 298 g/mol. The largest absolute Gasteiger partial charge is 0.506 e. The van der Waals surface area contributed by atoms with Gasteiger partial charge in [-0.1, -0.05) is 0 Å².